The predicted molar refractivity (Wildman–Crippen MR) is 99.3 cm³/mol. The molecule has 0 saturated carbocycles. The lowest BCUT2D eigenvalue weighted by molar-refractivity contribution is 0.461. The second-order valence-corrected chi connectivity index (χ2v) is 6.20. The van der Waals surface area contributed by atoms with Crippen molar-refractivity contribution >= 4 is 34.5 Å². The first-order chi connectivity index (χ1) is 11.6. The molecule has 120 valence electrons. The van der Waals surface area contributed by atoms with Gasteiger partial charge in [-0.05, 0) is 71.1 Å². The minimum absolute atomic E-state index is 0.226. The number of ether oxygens (including phenoxy) is 1. The van der Waals surface area contributed by atoms with Crippen molar-refractivity contribution in [2.45, 2.75) is 0 Å². The summed E-state index contributed by atoms with van der Waals surface area (Å²) in [7, 11) is 0. The molecule has 0 atom stereocenters. The summed E-state index contributed by atoms with van der Waals surface area (Å²) in [5, 5.41) is 0. The molecule has 0 aliphatic rings. The van der Waals surface area contributed by atoms with Crippen LogP contribution in [0.25, 0.3) is 0 Å². The van der Waals surface area contributed by atoms with E-state index in [2.05, 4.69) is 27.6 Å². The maximum absolute atomic E-state index is 13.3. The third-order valence-corrected chi connectivity index (χ3v) is 3.94. The summed E-state index contributed by atoms with van der Waals surface area (Å²) >= 11 is 2.23. The first kappa shape index (κ1) is 16.6. The molecule has 0 amide bonds. The topological polar surface area (TPSA) is 21.6 Å². The van der Waals surface area contributed by atoms with Gasteiger partial charge in [-0.15, -0.1) is 0 Å². The Morgan fingerprint density at radius 2 is 1.62 bits per heavy atom. The Bertz CT molecular complexity index is 879. The summed E-state index contributed by atoms with van der Waals surface area (Å²) < 4.78 is 33.1. The van der Waals surface area contributed by atoms with Gasteiger partial charge in [0, 0.05) is 21.4 Å². The zero-order chi connectivity index (χ0) is 16.9. The molecule has 0 bridgehead atoms. The molecule has 5 heteroatoms. The van der Waals surface area contributed by atoms with E-state index in [1.807, 2.05) is 36.4 Å². The Morgan fingerprint density at radius 3 is 2.38 bits per heavy atom. The molecule has 0 heterocycles. The minimum atomic E-state index is -0.947. The second-order valence-electron chi connectivity index (χ2n) is 4.95. The number of para-hydroxylation sites is 1. The second kappa shape index (κ2) is 7.53. The van der Waals surface area contributed by atoms with Gasteiger partial charge in [-0.25, -0.2) is 8.78 Å². The van der Waals surface area contributed by atoms with Crippen LogP contribution in [0, 0.1) is 15.2 Å². The molecular formula is C19H12F2INO. The van der Waals surface area contributed by atoms with Crippen LogP contribution in [0.15, 0.2) is 71.7 Å². The van der Waals surface area contributed by atoms with E-state index in [1.165, 1.54) is 6.07 Å². The molecule has 3 aromatic carbocycles. The van der Waals surface area contributed by atoms with Crippen LogP contribution in [-0.2, 0) is 0 Å². The van der Waals surface area contributed by atoms with Crippen molar-refractivity contribution < 1.29 is 13.5 Å². The van der Waals surface area contributed by atoms with Crippen molar-refractivity contribution in [3.05, 3.63) is 87.5 Å². The monoisotopic (exact) mass is 435 g/mol. The molecule has 0 spiro atoms. The van der Waals surface area contributed by atoms with Gasteiger partial charge in [0.05, 0.1) is 5.69 Å². The fourth-order valence-corrected chi connectivity index (χ4v) is 2.38. The van der Waals surface area contributed by atoms with E-state index in [0.717, 1.165) is 27.0 Å². The Hall–Kier alpha value is -2.28. The number of hydrogen-bond acceptors (Lipinski definition) is 2. The average Bonchev–Trinajstić information content (AvgIpc) is 2.59. The van der Waals surface area contributed by atoms with Gasteiger partial charge in [0.1, 0.15) is 11.5 Å². The van der Waals surface area contributed by atoms with Crippen LogP contribution in [0.5, 0.6) is 11.5 Å². The molecule has 0 N–H and O–H groups in total. The summed E-state index contributed by atoms with van der Waals surface area (Å²) in [4.78, 5) is 4.41. The van der Waals surface area contributed by atoms with Crippen LogP contribution in [-0.4, -0.2) is 6.21 Å². The minimum Gasteiger partial charge on any atom is -0.457 e. The van der Waals surface area contributed by atoms with E-state index in [1.54, 1.807) is 18.3 Å². The quantitative estimate of drug-likeness (QED) is 0.358. The van der Waals surface area contributed by atoms with Gasteiger partial charge in [0.15, 0.2) is 11.6 Å². The number of hydrogen-bond donors (Lipinski definition) is 0. The van der Waals surface area contributed by atoms with Crippen LogP contribution < -0.4 is 4.74 Å². The summed E-state index contributed by atoms with van der Waals surface area (Å²) in [5.74, 6) is -1.12. The maximum atomic E-state index is 13.3. The van der Waals surface area contributed by atoms with Crippen molar-refractivity contribution in [3.63, 3.8) is 0 Å². The highest BCUT2D eigenvalue weighted by atomic mass is 127. The molecule has 0 aliphatic carbocycles. The van der Waals surface area contributed by atoms with Crippen molar-refractivity contribution in [2.75, 3.05) is 0 Å². The number of aliphatic imine (C=N–C) groups is 1. The predicted octanol–water partition coefficient (Wildman–Crippen LogP) is 6.11. The number of halogens is 3. The lowest BCUT2D eigenvalue weighted by Crippen LogP contribution is -1.92. The van der Waals surface area contributed by atoms with Crippen molar-refractivity contribution in [1.82, 2.24) is 0 Å². The fourth-order valence-electron chi connectivity index (χ4n) is 2.02. The van der Waals surface area contributed by atoms with Gasteiger partial charge in [-0.1, -0.05) is 12.1 Å². The molecular weight excluding hydrogens is 423 g/mol. The summed E-state index contributed by atoms with van der Waals surface area (Å²) in [6.07, 6.45) is 1.68. The van der Waals surface area contributed by atoms with E-state index in [4.69, 9.17) is 4.74 Å². The molecule has 0 aliphatic heterocycles. The van der Waals surface area contributed by atoms with Crippen LogP contribution in [0.4, 0.5) is 14.5 Å². The van der Waals surface area contributed by atoms with Gasteiger partial charge in [-0.2, -0.15) is 0 Å². The molecule has 2 nitrogen and oxygen atoms in total. The van der Waals surface area contributed by atoms with Gasteiger partial charge in [0.2, 0.25) is 0 Å². The van der Waals surface area contributed by atoms with E-state index >= 15 is 0 Å². The first-order valence-corrected chi connectivity index (χ1v) is 8.21. The van der Waals surface area contributed by atoms with Gasteiger partial charge in [-0.3, -0.25) is 4.99 Å². The van der Waals surface area contributed by atoms with Gasteiger partial charge >= 0.3 is 0 Å². The highest BCUT2D eigenvalue weighted by molar-refractivity contribution is 14.1. The molecule has 0 aromatic heterocycles. The zero-order valence-electron chi connectivity index (χ0n) is 12.4. The Morgan fingerprint density at radius 1 is 0.875 bits per heavy atom. The molecule has 3 rings (SSSR count). The first-order valence-electron chi connectivity index (χ1n) is 7.13. The van der Waals surface area contributed by atoms with E-state index < -0.39 is 11.6 Å². The summed E-state index contributed by atoms with van der Waals surface area (Å²) in [5.41, 5.74) is 1.55. The number of nitrogens with zero attached hydrogens (tertiary/aromatic N) is 1. The lowest BCUT2D eigenvalue weighted by Gasteiger charge is -2.08. The van der Waals surface area contributed by atoms with Crippen molar-refractivity contribution in [1.29, 1.82) is 0 Å². The molecule has 24 heavy (non-hydrogen) atoms. The molecule has 0 unspecified atom stereocenters. The lowest BCUT2D eigenvalue weighted by atomic mass is 10.2. The highest BCUT2D eigenvalue weighted by Crippen LogP contribution is 2.26. The normalized spacial score (nSPS) is 11.0. The molecule has 3 aromatic rings. The number of rotatable bonds is 4. The van der Waals surface area contributed by atoms with E-state index in [-0.39, 0.29) is 5.75 Å². The molecule has 0 saturated heterocycles. The third-order valence-electron chi connectivity index (χ3n) is 3.22. The molecule has 0 radical (unpaired) electrons. The van der Waals surface area contributed by atoms with Gasteiger partial charge in [0.25, 0.3) is 0 Å². The van der Waals surface area contributed by atoms with Crippen LogP contribution >= 0.6 is 22.6 Å². The van der Waals surface area contributed by atoms with Gasteiger partial charge < -0.3 is 4.74 Å². The summed E-state index contributed by atoms with van der Waals surface area (Å²) in [6.45, 7) is 0. The fraction of sp³-hybridized carbons (Fsp3) is 0. The standard InChI is InChI=1S/C19H12F2INO/c20-17-10-9-16(11-18(17)21)24-19-4-2-1-3-13(19)12-23-15-7-5-14(22)6-8-15/h1-12H/b23-12+. The Labute approximate surface area is 152 Å². The third kappa shape index (κ3) is 4.17. The van der Waals surface area contributed by atoms with Crippen LogP contribution in [0.1, 0.15) is 5.56 Å². The zero-order valence-corrected chi connectivity index (χ0v) is 14.6. The Balaban J connectivity index is 1.84. The SMILES string of the molecule is Fc1ccc(Oc2ccccc2/C=N/c2ccc(I)cc2)cc1F. The van der Waals surface area contributed by atoms with Crippen molar-refractivity contribution in [2.24, 2.45) is 4.99 Å². The van der Waals surface area contributed by atoms with E-state index in [9.17, 15) is 8.78 Å². The Kier molecular flexibility index (Phi) is 5.20. The number of benzene rings is 3. The van der Waals surface area contributed by atoms with Crippen LogP contribution in [0.2, 0.25) is 0 Å². The average molecular weight is 435 g/mol. The van der Waals surface area contributed by atoms with Crippen LogP contribution in [0.3, 0.4) is 0 Å². The maximum Gasteiger partial charge on any atom is 0.162 e. The summed E-state index contributed by atoms with van der Waals surface area (Å²) in [6, 6.07) is 18.4. The largest absolute Gasteiger partial charge is 0.457 e. The molecule has 0 fully saturated rings. The van der Waals surface area contributed by atoms with E-state index in [0.29, 0.717) is 5.75 Å². The van der Waals surface area contributed by atoms with Crippen molar-refractivity contribution in [3.8, 4) is 11.5 Å². The highest BCUT2D eigenvalue weighted by Gasteiger charge is 2.06. The smallest absolute Gasteiger partial charge is 0.162 e.